The maximum absolute atomic E-state index is 9.85. The van der Waals surface area contributed by atoms with Crippen molar-refractivity contribution in [3.8, 4) is 11.5 Å². The number of hydrogen-bond donors (Lipinski definition) is 1. The largest absolute Gasteiger partial charge is 0.493 e. The maximum Gasteiger partial charge on any atom is 0.160 e. The molecule has 1 aromatic carbocycles. The predicted molar refractivity (Wildman–Crippen MR) is 73.3 cm³/mol. The topological polar surface area (TPSA) is 38.7 Å². The van der Waals surface area contributed by atoms with E-state index in [-0.39, 0.29) is 6.10 Å². The summed E-state index contributed by atoms with van der Waals surface area (Å²) in [6, 6.07) is 5.90. The second-order valence-corrected chi connectivity index (χ2v) is 5.01. The first kappa shape index (κ1) is 14.8. The minimum Gasteiger partial charge on any atom is -0.493 e. The van der Waals surface area contributed by atoms with Crippen LogP contribution in [0.3, 0.4) is 0 Å². The predicted octanol–water partition coefficient (Wildman–Crippen LogP) is 3.04. The first-order valence-corrected chi connectivity index (χ1v) is 6.45. The SMILES string of the molecule is COc1ccc(CCC(O)CC(C)C)cc1OC. The van der Waals surface area contributed by atoms with Gasteiger partial charge in [-0.2, -0.15) is 0 Å². The van der Waals surface area contributed by atoms with Crippen LogP contribution in [0.15, 0.2) is 18.2 Å². The Morgan fingerprint density at radius 3 is 2.33 bits per heavy atom. The molecule has 0 aliphatic rings. The van der Waals surface area contributed by atoms with Crippen LogP contribution in [-0.4, -0.2) is 25.4 Å². The summed E-state index contributed by atoms with van der Waals surface area (Å²) < 4.78 is 10.5. The Kier molecular flexibility index (Phi) is 5.99. The lowest BCUT2D eigenvalue weighted by Crippen LogP contribution is -2.11. The summed E-state index contributed by atoms with van der Waals surface area (Å²) in [6.07, 6.45) is 2.27. The zero-order chi connectivity index (χ0) is 13.5. The van der Waals surface area contributed by atoms with Gasteiger partial charge in [0.15, 0.2) is 11.5 Å². The van der Waals surface area contributed by atoms with Crippen LogP contribution in [0.4, 0.5) is 0 Å². The van der Waals surface area contributed by atoms with Gasteiger partial charge in [-0.25, -0.2) is 0 Å². The molecule has 1 atom stereocenters. The smallest absolute Gasteiger partial charge is 0.160 e. The fourth-order valence-corrected chi connectivity index (χ4v) is 2.03. The zero-order valence-electron chi connectivity index (χ0n) is 11.8. The molecule has 0 aromatic heterocycles. The lowest BCUT2D eigenvalue weighted by atomic mass is 9.99. The normalized spacial score (nSPS) is 12.6. The van der Waals surface area contributed by atoms with E-state index >= 15 is 0 Å². The van der Waals surface area contributed by atoms with Crippen LogP contribution in [-0.2, 0) is 6.42 Å². The van der Waals surface area contributed by atoms with Crippen molar-refractivity contribution >= 4 is 0 Å². The minimum absolute atomic E-state index is 0.224. The average Bonchev–Trinajstić information content (AvgIpc) is 2.35. The van der Waals surface area contributed by atoms with Crippen LogP contribution in [0.5, 0.6) is 11.5 Å². The molecule has 1 rings (SSSR count). The summed E-state index contributed by atoms with van der Waals surface area (Å²) >= 11 is 0. The second-order valence-electron chi connectivity index (χ2n) is 5.01. The highest BCUT2D eigenvalue weighted by Crippen LogP contribution is 2.28. The van der Waals surface area contributed by atoms with E-state index in [0.717, 1.165) is 36.3 Å². The first-order valence-electron chi connectivity index (χ1n) is 6.45. The standard InChI is InChI=1S/C15H24O3/c1-11(2)9-13(16)7-5-12-6-8-14(17-3)15(10-12)18-4/h6,8,10-11,13,16H,5,7,9H2,1-4H3. The molecule has 3 nitrogen and oxygen atoms in total. The number of methoxy groups -OCH3 is 2. The summed E-state index contributed by atoms with van der Waals surface area (Å²) in [6.45, 7) is 4.25. The highest BCUT2D eigenvalue weighted by molar-refractivity contribution is 5.42. The van der Waals surface area contributed by atoms with E-state index in [1.165, 1.54) is 0 Å². The molecule has 0 heterocycles. The molecule has 0 radical (unpaired) electrons. The molecular weight excluding hydrogens is 228 g/mol. The highest BCUT2D eigenvalue weighted by atomic mass is 16.5. The van der Waals surface area contributed by atoms with E-state index in [4.69, 9.17) is 9.47 Å². The quantitative estimate of drug-likeness (QED) is 0.810. The van der Waals surface area contributed by atoms with E-state index in [2.05, 4.69) is 13.8 Å². The molecular formula is C15H24O3. The number of rotatable bonds is 7. The molecule has 102 valence electrons. The van der Waals surface area contributed by atoms with Crippen LogP contribution < -0.4 is 9.47 Å². The van der Waals surface area contributed by atoms with Crippen LogP contribution in [0, 0.1) is 5.92 Å². The third-order valence-electron chi connectivity index (χ3n) is 2.96. The van der Waals surface area contributed by atoms with E-state index < -0.39 is 0 Å². The summed E-state index contributed by atoms with van der Waals surface area (Å²) in [5.41, 5.74) is 1.16. The number of aliphatic hydroxyl groups is 1. The molecule has 0 amide bonds. The van der Waals surface area contributed by atoms with Gasteiger partial charge in [-0.1, -0.05) is 19.9 Å². The molecule has 1 aromatic rings. The van der Waals surface area contributed by atoms with Gasteiger partial charge in [-0.15, -0.1) is 0 Å². The molecule has 3 heteroatoms. The molecule has 18 heavy (non-hydrogen) atoms. The van der Waals surface area contributed by atoms with Gasteiger partial charge in [0.2, 0.25) is 0 Å². The average molecular weight is 252 g/mol. The van der Waals surface area contributed by atoms with Crippen LogP contribution in [0.25, 0.3) is 0 Å². The number of benzene rings is 1. The summed E-state index contributed by atoms with van der Waals surface area (Å²) in [4.78, 5) is 0. The van der Waals surface area contributed by atoms with Crippen molar-refractivity contribution in [1.82, 2.24) is 0 Å². The second kappa shape index (κ2) is 7.27. The van der Waals surface area contributed by atoms with Gasteiger partial charge in [0, 0.05) is 0 Å². The molecule has 0 saturated heterocycles. The van der Waals surface area contributed by atoms with Gasteiger partial charge in [0.05, 0.1) is 20.3 Å². The van der Waals surface area contributed by atoms with Gasteiger partial charge < -0.3 is 14.6 Å². The summed E-state index contributed by atoms with van der Waals surface area (Å²) in [7, 11) is 3.26. The Morgan fingerprint density at radius 2 is 1.78 bits per heavy atom. The van der Waals surface area contributed by atoms with Gasteiger partial charge in [0.25, 0.3) is 0 Å². The van der Waals surface area contributed by atoms with Crippen molar-refractivity contribution in [2.75, 3.05) is 14.2 Å². The zero-order valence-corrected chi connectivity index (χ0v) is 11.8. The van der Waals surface area contributed by atoms with Crippen molar-refractivity contribution < 1.29 is 14.6 Å². The third-order valence-corrected chi connectivity index (χ3v) is 2.96. The minimum atomic E-state index is -0.224. The fourth-order valence-electron chi connectivity index (χ4n) is 2.03. The van der Waals surface area contributed by atoms with Crippen molar-refractivity contribution in [1.29, 1.82) is 0 Å². The lowest BCUT2D eigenvalue weighted by molar-refractivity contribution is 0.139. The van der Waals surface area contributed by atoms with Gasteiger partial charge in [-0.3, -0.25) is 0 Å². The molecule has 0 aliphatic carbocycles. The van der Waals surface area contributed by atoms with Crippen molar-refractivity contribution in [3.05, 3.63) is 23.8 Å². The number of aryl methyl sites for hydroxylation is 1. The highest BCUT2D eigenvalue weighted by Gasteiger charge is 2.09. The fraction of sp³-hybridized carbons (Fsp3) is 0.600. The lowest BCUT2D eigenvalue weighted by Gasteiger charge is -2.14. The molecule has 1 unspecified atom stereocenters. The number of hydrogen-bond acceptors (Lipinski definition) is 3. The van der Waals surface area contributed by atoms with Crippen LogP contribution in [0.2, 0.25) is 0 Å². The number of ether oxygens (including phenoxy) is 2. The third kappa shape index (κ3) is 4.57. The van der Waals surface area contributed by atoms with Gasteiger partial charge >= 0.3 is 0 Å². The van der Waals surface area contributed by atoms with Crippen LogP contribution >= 0.6 is 0 Å². The molecule has 0 aliphatic heterocycles. The van der Waals surface area contributed by atoms with Crippen molar-refractivity contribution in [2.45, 2.75) is 39.2 Å². The molecule has 0 saturated carbocycles. The summed E-state index contributed by atoms with van der Waals surface area (Å²) in [5, 5.41) is 9.85. The Hall–Kier alpha value is -1.22. The van der Waals surface area contributed by atoms with Crippen molar-refractivity contribution in [2.24, 2.45) is 5.92 Å². The van der Waals surface area contributed by atoms with E-state index in [1.54, 1.807) is 14.2 Å². The molecule has 1 N–H and O–H groups in total. The summed E-state index contributed by atoms with van der Waals surface area (Å²) in [5.74, 6) is 2.02. The molecule has 0 fully saturated rings. The van der Waals surface area contributed by atoms with Crippen LogP contribution in [0.1, 0.15) is 32.3 Å². The first-order chi connectivity index (χ1) is 8.56. The Labute approximate surface area is 110 Å². The Morgan fingerprint density at radius 1 is 1.11 bits per heavy atom. The van der Waals surface area contributed by atoms with Gasteiger partial charge in [-0.05, 0) is 42.9 Å². The Bertz CT molecular complexity index is 361. The molecule has 0 spiro atoms. The van der Waals surface area contributed by atoms with E-state index in [9.17, 15) is 5.11 Å². The van der Waals surface area contributed by atoms with Crippen molar-refractivity contribution in [3.63, 3.8) is 0 Å². The van der Waals surface area contributed by atoms with E-state index in [0.29, 0.717) is 5.92 Å². The Balaban J connectivity index is 2.57. The van der Waals surface area contributed by atoms with Gasteiger partial charge in [0.1, 0.15) is 0 Å². The monoisotopic (exact) mass is 252 g/mol. The number of aliphatic hydroxyl groups excluding tert-OH is 1. The van der Waals surface area contributed by atoms with E-state index in [1.807, 2.05) is 18.2 Å². The molecule has 0 bridgehead atoms. The maximum atomic E-state index is 9.85.